The van der Waals surface area contributed by atoms with E-state index in [4.69, 9.17) is 0 Å². The predicted octanol–water partition coefficient (Wildman–Crippen LogP) is 3.84. The first-order chi connectivity index (χ1) is 8.81. The van der Waals surface area contributed by atoms with Crippen LogP contribution in [0.15, 0.2) is 59.6 Å². The molecule has 1 unspecified atom stereocenters. The highest BCUT2D eigenvalue weighted by molar-refractivity contribution is 8.12. The fraction of sp³-hybridized carbons (Fsp3) is 0.133. The summed E-state index contributed by atoms with van der Waals surface area (Å²) in [5.74, 6) is 0.652. The van der Waals surface area contributed by atoms with Gasteiger partial charge in [-0.2, -0.15) is 0 Å². The van der Waals surface area contributed by atoms with E-state index in [1.807, 2.05) is 35.9 Å². The normalized spacial score (nSPS) is 22.3. The number of hydrogen-bond acceptors (Lipinski definition) is 2. The zero-order chi connectivity index (χ0) is 12.4. The van der Waals surface area contributed by atoms with E-state index in [1.165, 1.54) is 12.1 Å². The molecule has 3 heteroatoms. The summed E-state index contributed by atoms with van der Waals surface area (Å²) >= 11 is 1.69. The van der Waals surface area contributed by atoms with Crippen LogP contribution in [-0.2, 0) is 5.54 Å². The molecule has 0 radical (unpaired) electrons. The van der Waals surface area contributed by atoms with E-state index in [0.29, 0.717) is 0 Å². The number of nitrogens with zero attached hydrogens (tertiary/aromatic N) is 1. The Labute approximate surface area is 110 Å². The average molecular weight is 257 g/mol. The Bertz CT molecular complexity index is 565. The highest BCUT2D eigenvalue weighted by Crippen LogP contribution is 2.40. The lowest BCUT2D eigenvalue weighted by Crippen LogP contribution is -2.25. The Hall–Kier alpha value is -1.61. The fourth-order valence-electron chi connectivity index (χ4n) is 2.24. The van der Waals surface area contributed by atoms with Crippen LogP contribution in [0.25, 0.3) is 0 Å². The second kappa shape index (κ2) is 4.58. The molecule has 3 rings (SSSR count). The summed E-state index contributed by atoms with van der Waals surface area (Å²) in [6, 6.07) is 16.8. The summed E-state index contributed by atoms with van der Waals surface area (Å²) in [5.41, 5.74) is 3.71. The highest BCUT2D eigenvalue weighted by Gasteiger charge is 2.35. The molecule has 2 aromatic rings. The summed E-state index contributed by atoms with van der Waals surface area (Å²) in [4.78, 5) is 4.65. The van der Waals surface area contributed by atoms with Gasteiger partial charge in [-0.05, 0) is 23.3 Å². The Balaban J connectivity index is 2.13. The zero-order valence-electron chi connectivity index (χ0n) is 9.71. The van der Waals surface area contributed by atoms with Crippen molar-refractivity contribution in [3.05, 3.63) is 71.5 Å². The van der Waals surface area contributed by atoms with Crippen LogP contribution in [0.1, 0.15) is 11.1 Å². The van der Waals surface area contributed by atoms with Gasteiger partial charge in [-0.25, -0.2) is 4.39 Å². The number of rotatable bonds is 2. The SMILES string of the molecule is Fc1ccc(C2(c3ccccc3)CSC=N2)cc1. The van der Waals surface area contributed by atoms with E-state index < -0.39 is 0 Å². The van der Waals surface area contributed by atoms with Crippen molar-refractivity contribution in [3.63, 3.8) is 0 Å². The van der Waals surface area contributed by atoms with Gasteiger partial charge in [0.2, 0.25) is 0 Å². The minimum absolute atomic E-state index is 0.211. The van der Waals surface area contributed by atoms with Gasteiger partial charge in [-0.3, -0.25) is 4.99 Å². The van der Waals surface area contributed by atoms with Crippen molar-refractivity contribution in [3.8, 4) is 0 Å². The van der Waals surface area contributed by atoms with Crippen LogP contribution in [-0.4, -0.2) is 11.3 Å². The molecule has 1 aliphatic heterocycles. The molecular weight excluding hydrogens is 245 g/mol. The maximum atomic E-state index is 13.1. The minimum atomic E-state index is -0.361. The number of aliphatic imine (C=N–C) groups is 1. The standard InChI is InChI=1S/C15H12FNS/c16-14-8-6-13(7-9-14)15(10-18-11-17-15)12-4-2-1-3-5-12/h1-9,11H,10H2. The second-order valence-electron chi connectivity index (χ2n) is 4.28. The molecule has 0 aromatic heterocycles. The van der Waals surface area contributed by atoms with Gasteiger partial charge in [0.15, 0.2) is 0 Å². The van der Waals surface area contributed by atoms with Gasteiger partial charge in [0.05, 0.1) is 5.55 Å². The lowest BCUT2D eigenvalue weighted by atomic mass is 9.85. The van der Waals surface area contributed by atoms with E-state index in [2.05, 4.69) is 17.1 Å². The van der Waals surface area contributed by atoms with Crippen LogP contribution in [0.5, 0.6) is 0 Å². The first-order valence-electron chi connectivity index (χ1n) is 5.78. The lowest BCUT2D eigenvalue weighted by molar-refractivity contribution is 0.610. The van der Waals surface area contributed by atoms with Gasteiger partial charge >= 0.3 is 0 Å². The van der Waals surface area contributed by atoms with Crippen LogP contribution in [0.4, 0.5) is 4.39 Å². The molecule has 0 spiro atoms. The molecular formula is C15H12FNS. The van der Waals surface area contributed by atoms with Crippen molar-refractivity contribution in [1.82, 2.24) is 0 Å². The van der Waals surface area contributed by atoms with E-state index in [1.54, 1.807) is 11.8 Å². The molecule has 0 N–H and O–H groups in total. The third kappa shape index (κ3) is 1.85. The number of halogens is 1. The number of benzene rings is 2. The monoisotopic (exact) mass is 257 g/mol. The summed E-state index contributed by atoms with van der Waals surface area (Å²) in [6.45, 7) is 0. The molecule has 0 bridgehead atoms. The molecule has 0 amide bonds. The van der Waals surface area contributed by atoms with Gasteiger partial charge in [-0.15, -0.1) is 11.8 Å². The third-order valence-electron chi connectivity index (χ3n) is 3.21. The van der Waals surface area contributed by atoms with Crippen LogP contribution in [0.2, 0.25) is 0 Å². The van der Waals surface area contributed by atoms with Crippen molar-refractivity contribution in [2.24, 2.45) is 4.99 Å². The molecule has 18 heavy (non-hydrogen) atoms. The largest absolute Gasteiger partial charge is 0.269 e. The summed E-state index contributed by atoms with van der Waals surface area (Å²) in [6.07, 6.45) is 0. The Morgan fingerprint density at radius 2 is 1.61 bits per heavy atom. The Morgan fingerprint density at radius 3 is 2.22 bits per heavy atom. The fourth-order valence-corrected chi connectivity index (χ4v) is 3.22. The van der Waals surface area contributed by atoms with Crippen molar-refractivity contribution < 1.29 is 4.39 Å². The Morgan fingerprint density at radius 1 is 0.944 bits per heavy atom. The van der Waals surface area contributed by atoms with E-state index in [9.17, 15) is 4.39 Å². The van der Waals surface area contributed by atoms with Crippen LogP contribution >= 0.6 is 11.8 Å². The summed E-state index contributed by atoms with van der Waals surface area (Å²) in [7, 11) is 0. The maximum Gasteiger partial charge on any atom is 0.123 e. The Kier molecular flexibility index (Phi) is 2.92. The van der Waals surface area contributed by atoms with E-state index in [0.717, 1.165) is 16.9 Å². The molecule has 0 fully saturated rings. The van der Waals surface area contributed by atoms with Crippen LogP contribution in [0.3, 0.4) is 0 Å². The molecule has 1 heterocycles. The minimum Gasteiger partial charge on any atom is -0.269 e. The molecule has 90 valence electrons. The van der Waals surface area contributed by atoms with Gasteiger partial charge in [0, 0.05) is 5.75 Å². The quantitative estimate of drug-likeness (QED) is 0.796. The topological polar surface area (TPSA) is 12.4 Å². The van der Waals surface area contributed by atoms with Crippen molar-refractivity contribution >= 4 is 17.3 Å². The zero-order valence-corrected chi connectivity index (χ0v) is 10.5. The van der Waals surface area contributed by atoms with Crippen molar-refractivity contribution in [2.75, 3.05) is 5.75 Å². The third-order valence-corrected chi connectivity index (χ3v) is 4.05. The highest BCUT2D eigenvalue weighted by atomic mass is 32.2. The molecule has 1 aliphatic rings. The lowest BCUT2D eigenvalue weighted by Gasteiger charge is -2.26. The molecule has 0 saturated heterocycles. The first kappa shape index (κ1) is 11.5. The molecule has 1 nitrogen and oxygen atoms in total. The predicted molar refractivity (Wildman–Crippen MR) is 74.6 cm³/mol. The van der Waals surface area contributed by atoms with Gasteiger partial charge in [0.25, 0.3) is 0 Å². The second-order valence-corrected chi connectivity index (χ2v) is 5.11. The van der Waals surface area contributed by atoms with E-state index >= 15 is 0 Å². The molecule has 1 atom stereocenters. The van der Waals surface area contributed by atoms with Gasteiger partial charge in [-0.1, -0.05) is 42.5 Å². The van der Waals surface area contributed by atoms with Crippen LogP contribution < -0.4 is 0 Å². The van der Waals surface area contributed by atoms with Crippen molar-refractivity contribution in [2.45, 2.75) is 5.54 Å². The van der Waals surface area contributed by atoms with Crippen molar-refractivity contribution in [1.29, 1.82) is 0 Å². The molecule has 0 saturated carbocycles. The maximum absolute atomic E-state index is 13.1. The van der Waals surface area contributed by atoms with Gasteiger partial charge in [0.1, 0.15) is 11.4 Å². The number of thioether (sulfide) groups is 1. The average Bonchev–Trinajstić information content (AvgIpc) is 2.91. The molecule has 2 aromatic carbocycles. The smallest absolute Gasteiger partial charge is 0.123 e. The van der Waals surface area contributed by atoms with Crippen LogP contribution in [0, 0.1) is 5.82 Å². The van der Waals surface area contributed by atoms with Gasteiger partial charge < -0.3 is 0 Å². The molecule has 0 aliphatic carbocycles. The summed E-state index contributed by atoms with van der Waals surface area (Å²) in [5, 5.41) is 0. The first-order valence-corrected chi connectivity index (χ1v) is 6.83. The number of hydrogen-bond donors (Lipinski definition) is 0. The van der Waals surface area contributed by atoms with E-state index in [-0.39, 0.29) is 11.4 Å². The summed E-state index contributed by atoms with van der Waals surface area (Å²) < 4.78 is 13.1.